The Morgan fingerprint density at radius 2 is 1.72 bits per heavy atom. The quantitative estimate of drug-likeness (QED) is 0.466. The zero-order chi connectivity index (χ0) is 25.4. The fourth-order valence-electron chi connectivity index (χ4n) is 1.29. The molecule has 0 N–H and O–H groups in total. The first-order valence-electron chi connectivity index (χ1n) is 12.9. The minimum Gasteiger partial charge on any atom is -0.466 e. The van der Waals surface area contributed by atoms with Crippen molar-refractivity contribution in [3.63, 3.8) is 0 Å². The van der Waals surface area contributed by atoms with Crippen molar-refractivity contribution in [3.05, 3.63) is 12.2 Å². The second-order valence-corrected chi connectivity index (χ2v) is 3.61. The van der Waals surface area contributed by atoms with Crippen molar-refractivity contribution in [1.82, 2.24) is 0 Å². The average Bonchev–Trinajstić information content (AvgIpc) is 2.63. The van der Waals surface area contributed by atoms with Crippen molar-refractivity contribution in [2.45, 2.75) is 76.7 Å². The Morgan fingerprint density at radius 3 is 2.61 bits per heavy atom. The van der Waals surface area contributed by atoms with Crippen LogP contribution >= 0.6 is 0 Å². The molecule has 0 aliphatic carbocycles. The monoisotopic (exact) mass is 266 g/mol. The van der Waals surface area contributed by atoms with Crippen molar-refractivity contribution in [1.29, 1.82) is 0 Å². The molecule has 2 nitrogen and oxygen atoms in total. The highest BCUT2D eigenvalue weighted by Gasteiger charge is 2.02. The van der Waals surface area contributed by atoms with Gasteiger partial charge in [0, 0.05) is 25.6 Å². The number of rotatable bonds is 0. The molecule has 1 aliphatic rings. The third-order valence-corrected chi connectivity index (χ3v) is 2.17. The molecular formula is C16H28O2. The minimum absolute atomic E-state index is 0.123. The Hall–Kier alpha value is -0.790. The molecule has 0 aromatic heterocycles. The van der Waals surface area contributed by atoms with E-state index >= 15 is 0 Å². The van der Waals surface area contributed by atoms with Gasteiger partial charge in [-0.3, -0.25) is 4.79 Å². The summed E-state index contributed by atoms with van der Waals surface area (Å²) in [7, 11) is 0. The van der Waals surface area contributed by atoms with Crippen LogP contribution in [0.15, 0.2) is 12.2 Å². The first kappa shape index (κ1) is 4.64. The van der Waals surface area contributed by atoms with E-state index in [0.29, 0.717) is 19.3 Å². The Labute approximate surface area is 131 Å². The fraction of sp³-hybridized carbons (Fsp3) is 0.812. The molecule has 18 heavy (non-hydrogen) atoms. The van der Waals surface area contributed by atoms with Crippen LogP contribution in [-0.2, 0) is 9.53 Å². The molecule has 0 aromatic rings. The fourth-order valence-corrected chi connectivity index (χ4v) is 1.29. The molecule has 104 valence electrons. The van der Waals surface area contributed by atoms with Crippen LogP contribution in [0.25, 0.3) is 0 Å². The average molecular weight is 266 g/mol. The van der Waals surface area contributed by atoms with Crippen LogP contribution in [0.5, 0.6) is 0 Å². The van der Waals surface area contributed by atoms with E-state index in [4.69, 9.17) is 23.9 Å². The predicted octanol–water partition coefficient (Wildman–Crippen LogP) is 4.78. The van der Waals surface area contributed by atoms with E-state index < -0.39 is 57.2 Å². The van der Waals surface area contributed by atoms with Crippen molar-refractivity contribution in [2.24, 2.45) is 0 Å². The van der Waals surface area contributed by atoms with Gasteiger partial charge in [-0.25, -0.2) is 0 Å². The molecule has 0 fully saturated rings. The van der Waals surface area contributed by atoms with Gasteiger partial charge in [-0.15, -0.1) is 0 Å². The lowest BCUT2D eigenvalue weighted by Crippen LogP contribution is -2.05. The van der Waals surface area contributed by atoms with E-state index in [2.05, 4.69) is 0 Å². The first-order valence-corrected chi connectivity index (χ1v) is 5.93. The summed E-state index contributed by atoms with van der Waals surface area (Å²) in [4.78, 5) is 11.8. The molecule has 0 spiro atoms. The van der Waals surface area contributed by atoms with Crippen LogP contribution in [0.1, 0.15) is 95.9 Å². The Morgan fingerprint density at radius 1 is 0.944 bits per heavy atom. The van der Waals surface area contributed by atoms with Crippen LogP contribution in [0.3, 0.4) is 0 Å². The normalized spacial score (nSPS) is 55.0. The molecule has 0 saturated heterocycles. The number of carbonyl (C=O) groups is 1. The van der Waals surface area contributed by atoms with Crippen LogP contribution in [0.2, 0.25) is 0 Å². The lowest BCUT2D eigenvalue weighted by atomic mass is 10.1. The molecule has 0 aromatic carbocycles. The van der Waals surface area contributed by atoms with Crippen LogP contribution < -0.4 is 0 Å². The summed E-state index contributed by atoms with van der Waals surface area (Å²) in [6.45, 7) is -1.27. The molecule has 0 amide bonds. The summed E-state index contributed by atoms with van der Waals surface area (Å²) in [6.07, 6.45) is -22.6. The molecule has 0 saturated carbocycles. The van der Waals surface area contributed by atoms with Gasteiger partial charge in [0.2, 0.25) is 0 Å². The maximum absolute atomic E-state index is 11.8. The maximum atomic E-state index is 11.8. The van der Waals surface area contributed by atoms with Crippen LogP contribution in [0, 0.1) is 0 Å². The van der Waals surface area contributed by atoms with E-state index in [1.165, 1.54) is 6.08 Å². The number of carbonyl (C=O) groups excluding carboxylic acids is 1. The minimum atomic E-state index is -4.07. The number of hydrogen-bond acceptors (Lipinski definition) is 2. The van der Waals surface area contributed by atoms with Gasteiger partial charge in [0.05, 0.1) is 6.61 Å². The number of cyclic esters (lactones) is 1. The van der Waals surface area contributed by atoms with Gasteiger partial charge in [0.1, 0.15) is 0 Å². The van der Waals surface area contributed by atoms with Gasteiger partial charge in [0.25, 0.3) is 0 Å². The summed E-state index contributed by atoms with van der Waals surface area (Å²) in [5, 5.41) is 0. The molecule has 0 bridgehead atoms. The summed E-state index contributed by atoms with van der Waals surface area (Å²) in [5.74, 6) is -0.865. The van der Waals surface area contributed by atoms with E-state index in [-0.39, 0.29) is 12.8 Å². The molecule has 1 aliphatic heterocycles. The lowest BCUT2D eigenvalue weighted by molar-refractivity contribution is -0.143. The van der Waals surface area contributed by atoms with Gasteiger partial charge in [-0.2, -0.15) is 0 Å². The highest BCUT2D eigenvalue weighted by molar-refractivity contribution is 5.69. The van der Waals surface area contributed by atoms with E-state index in [0.717, 1.165) is 6.08 Å². The Kier molecular flexibility index (Phi) is 2.92. The van der Waals surface area contributed by atoms with Crippen molar-refractivity contribution < 1.29 is 28.7 Å². The summed E-state index contributed by atoms with van der Waals surface area (Å²) in [6, 6.07) is 0. The number of ether oxygens (including phenoxy) is 1. The predicted molar refractivity (Wildman–Crippen MR) is 75.5 cm³/mol. The van der Waals surface area contributed by atoms with Crippen molar-refractivity contribution in [3.8, 4) is 0 Å². The van der Waals surface area contributed by atoms with Gasteiger partial charge < -0.3 is 4.74 Å². The Bertz CT molecular complexity index is 714. The summed E-state index contributed by atoms with van der Waals surface area (Å²) in [5.41, 5.74) is 0. The Balaban J connectivity index is 3.64. The molecular weight excluding hydrogens is 224 g/mol. The zero-order valence-corrected chi connectivity index (χ0v) is 10.2. The highest BCUT2D eigenvalue weighted by Crippen LogP contribution is 2.10. The smallest absolute Gasteiger partial charge is 0.305 e. The van der Waals surface area contributed by atoms with Gasteiger partial charge in [-0.05, 0) is 38.4 Å². The van der Waals surface area contributed by atoms with E-state index in [1.54, 1.807) is 0 Å². The topological polar surface area (TPSA) is 26.3 Å². The maximum Gasteiger partial charge on any atom is 0.305 e. The van der Waals surface area contributed by atoms with E-state index in [1.807, 2.05) is 0 Å². The SMILES string of the molecule is [2H]C1([2H])/C=C\CCCCCC(=O)OCC([2H])([2H])C([2H])([2H])C([2H])([2H])C([2H])([2H])C([2H])([2H])C1([2H])[2H]. The molecule has 0 atom stereocenters. The van der Waals surface area contributed by atoms with Gasteiger partial charge >= 0.3 is 5.97 Å². The van der Waals surface area contributed by atoms with Crippen molar-refractivity contribution in [2.75, 3.05) is 6.61 Å². The van der Waals surface area contributed by atoms with Crippen LogP contribution in [-0.4, -0.2) is 12.6 Å². The number of allylic oxidation sites excluding steroid dienone is 2. The lowest BCUT2D eigenvalue weighted by Gasteiger charge is -2.04. The summed E-state index contributed by atoms with van der Waals surface area (Å²) < 4.78 is 117. The van der Waals surface area contributed by atoms with Crippen molar-refractivity contribution >= 4 is 5.97 Å². The molecule has 0 radical (unpaired) electrons. The third-order valence-electron chi connectivity index (χ3n) is 2.17. The molecule has 2 heteroatoms. The summed E-state index contributed by atoms with van der Waals surface area (Å²) >= 11 is 0. The van der Waals surface area contributed by atoms with E-state index in [9.17, 15) is 4.79 Å². The van der Waals surface area contributed by atoms with Gasteiger partial charge in [-0.1, -0.05) is 44.1 Å². The largest absolute Gasteiger partial charge is 0.466 e. The third kappa shape index (κ3) is 9.26. The highest BCUT2D eigenvalue weighted by atomic mass is 16.5. The molecule has 0 unspecified atom stereocenters. The van der Waals surface area contributed by atoms with Crippen LogP contribution in [0.4, 0.5) is 0 Å². The second kappa shape index (κ2) is 11.3. The first-order chi connectivity index (χ1) is 14.1. The second-order valence-electron chi connectivity index (χ2n) is 3.61. The molecule has 1 rings (SSSR count). The zero-order valence-electron chi connectivity index (χ0n) is 24.2. The standard InChI is InChI=1S/C16H28O2/c17-16-14-12-10-8-6-4-2-1-3-5-7-9-11-13-15-18-16/h2,4H,1,3,5-15H2/b4-2-/i1D2,3D2,5D2,7D2,9D2,11D2,13D2. The van der Waals surface area contributed by atoms with Gasteiger partial charge in [0.15, 0.2) is 0 Å². The number of hydrogen-bond donors (Lipinski definition) is 0. The molecule has 1 heterocycles. The number of esters is 1.